The van der Waals surface area contributed by atoms with Gasteiger partial charge in [0.1, 0.15) is 23.0 Å². The van der Waals surface area contributed by atoms with E-state index in [1.165, 1.54) is 14.2 Å². The maximum absolute atomic E-state index is 9.16. The molecule has 19 heteroatoms. The van der Waals surface area contributed by atoms with E-state index in [-0.39, 0.29) is 6.23 Å². The van der Waals surface area contributed by atoms with Gasteiger partial charge in [-0.05, 0) is 31.4 Å². The van der Waals surface area contributed by atoms with E-state index in [0.29, 0.717) is 56.8 Å². The Morgan fingerprint density at radius 3 is 2.06 bits per heavy atom. The summed E-state index contributed by atoms with van der Waals surface area (Å²) in [6.45, 7) is 1.29. The normalized spacial score (nSPS) is 14.9. The third kappa shape index (κ3) is 9.47. The molecule has 3 aromatic heterocycles. The van der Waals surface area contributed by atoms with E-state index in [9.17, 15) is 0 Å². The van der Waals surface area contributed by atoms with Gasteiger partial charge in [0.2, 0.25) is 0 Å². The fourth-order valence-electron chi connectivity index (χ4n) is 5.13. The maximum atomic E-state index is 9.16. The first kappa shape index (κ1) is 38.2. The molecule has 0 N–H and O–H groups in total. The first-order chi connectivity index (χ1) is 24.4. The van der Waals surface area contributed by atoms with Gasteiger partial charge in [0, 0.05) is 69.8 Å². The van der Waals surface area contributed by atoms with E-state index < -0.39 is 8.26 Å². The summed E-state index contributed by atoms with van der Waals surface area (Å²) in [4.78, 5) is 22.1. The molecule has 5 heterocycles. The monoisotopic (exact) mass is 797 g/mol. The predicted octanol–water partition coefficient (Wildman–Crippen LogP) is 7.32. The van der Waals surface area contributed by atoms with E-state index in [1.54, 1.807) is 45.1 Å². The number of nitrogens with zero attached hydrogens (tertiary/aromatic N) is 7. The second kappa shape index (κ2) is 17.0. The molecule has 1 saturated heterocycles. The van der Waals surface area contributed by atoms with Crippen molar-refractivity contribution in [3.63, 3.8) is 0 Å². The van der Waals surface area contributed by atoms with Crippen molar-refractivity contribution in [2.24, 2.45) is 4.99 Å². The molecule has 270 valence electrons. The number of rotatable bonds is 7. The topological polar surface area (TPSA) is 162 Å². The second-order valence-electron chi connectivity index (χ2n) is 10.7. The SMILES string of the molecule is COc1cc(OC)c(Cl)c(-c2ncc3c(n2)CN=C3)c1Cl.COc1cc(OC)cc(-c2ncc3cnn(C4CCCCO4)c3n2)c1.O=S(=O)(Cl)Cl. The lowest BCUT2D eigenvalue weighted by Gasteiger charge is -2.23. The zero-order chi connectivity index (χ0) is 36.7. The Morgan fingerprint density at radius 1 is 0.824 bits per heavy atom. The molecule has 14 nitrogen and oxygen atoms in total. The maximum Gasteiger partial charge on any atom is 0.317 e. The summed E-state index contributed by atoms with van der Waals surface area (Å²) in [5.41, 5.74) is 3.84. The van der Waals surface area contributed by atoms with Gasteiger partial charge in [-0.1, -0.05) is 23.2 Å². The molecule has 0 saturated carbocycles. The number of hydrogen-bond donors (Lipinski definition) is 0. The molecule has 0 spiro atoms. The Balaban J connectivity index is 0.000000177. The average molecular weight is 800 g/mol. The van der Waals surface area contributed by atoms with Gasteiger partial charge in [-0.3, -0.25) is 4.99 Å². The Kier molecular flexibility index (Phi) is 12.8. The van der Waals surface area contributed by atoms with Gasteiger partial charge in [-0.2, -0.15) is 13.5 Å². The number of hydrogen-bond acceptors (Lipinski definition) is 13. The number of aromatic nitrogens is 6. The molecule has 7 rings (SSSR count). The van der Waals surface area contributed by atoms with Gasteiger partial charge in [0.15, 0.2) is 23.5 Å². The highest BCUT2D eigenvalue weighted by Crippen LogP contribution is 2.45. The highest BCUT2D eigenvalue weighted by atomic mass is 36.0. The lowest BCUT2D eigenvalue weighted by molar-refractivity contribution is -0.0370. The summed E-state index contributed by atoms with van der Waals surface area (Å²) in [5.74, 6) is 3.32. The Bertz CT molecular complexity index is 2110. The minimum absolute atomic E-state index is 0.0613. The largest absolute Gasteiger partial charge is 0.497 e. The molecule has 2 aliphatic rings. The van der Waals surface area contributed by atoms with Crippen molar-refractivity contribution in [1.29, 1.82) is 0 Å². The molecule has 1 unspecified atom stereocenters. The van der Waals surface area contributed by atoms with Gasteiger partial charge in [-0.15, -0.1) is 0 Å². The van der Waals surface area contributed by atoms with Gasteiger partial charge in [0.25, 0.3) is 0 Å². The standard InChI is InChI=1S/C18H20N4O3.C14H11Cl2N3O2.Cl2O2S/c1-23-14-7-12(8-15(9-14)24-2)17-19-10-13-11-20-22(18(13)21-17)16-5-3-4-6-25-16;1-20-9-3-10(21-2)13(16)11(12(9)15)14-18-5-7-4-17-6-8(7)19-14;1-5(2,3)4/h7-11,16H,3-6H2,1-2H3;3-5H,6H2,1-2H3;. The summed E-state index contributed by atoms with van der Waals surface area (Å²) in [6, 6.07) is 7.23. The smallest absolute Gasteiger partial charge is 0.317 e. The van der Waals surface area contributed by atoms with Crippen LogP contribution in [-0.2, 0) is 19.5 Å². The Morgan fingerprint density at radius 2 is 1.47 bits per heavy atom. The second-order valence-corrected chi connectivity index (χ2v) is 15.1. The Hall–Kier alpha value is -3.99. The molecule has 0 radical (unpaired) electrons. The van der Waals surface area contributed by atoms with Crippen molar-refractivity contribution in [1.82, 2.24) is 29.7 Å². The van der Waals surface area contributed by atoms with Crippen LogP contribution in [0.2, 0.25) is 10.0 Å². The van der Waals surface area contributed by atoms with Crippen LogP contribution in [0.1, 0.15) is 36.7 Å². The molecule has 51 heavy (non-hydrogen) atoms. The van der Waals surface area contributed by atoms with Crippen LogP contribution in [0.25, 0.3) is 33.8 Å². The van der Waals surface area contributed by atoms with Crippen molar-refractivity contribution < 1.29 is 32.1 Å². The van der Waals surface area contributed by atoms with E-state index in [4.69, 9.17) is 60.3 Å². The van der Waals surface area contributed by atoms with Crippen LogP contribution >= 0.6 is 44.6 Å². The van der Waals surface area contributed by atoms with Crippen LogP contribution < -0.4 is 18.9 Å². The van der Waals surface area contributed by atoms with Crippen LogP contribution in [0, 0.1) is 0 Å². The molecular weight excluding hydrogens is 768 g/mol. The van der Waals surface area contributed by atoms with Gasteiger partial charge in [-0.25, -0.2) is 24.6 Å². The minimum Gasteiger partial charge on any atom is -0.497 e. The zero-order valence-electron chi connectivity index (χ0n) is 27.6. The lowest BCUT2D eigenvalue weighted by atomic mass is 10.1. The average Bonchev–Trinajstić information content (AvgIpc) is 3.78. The summed E-state index contributed by atoms with van der Waals surface area (Å²) < 4.78 is 47.2. The number of methoxy groups -OCH3 is 4. The fourth-order valence-corrected chi connectivity index (χ4v) is 5.80. The number of halogens is 4. The Labute approximate surface area is 312 Å². The number of aliphatic imine (C=N–C) groups is 1. The molecular formula is C32H31Cl4N7O7S. The van der Waals surface area contributed by atoms with Crippen molar-refractivity contribution in [3.8, 4) is 45.8 Å². The molecule has 2 aromatic carbocycles. The predicted molar refractivity (Wildman–Crippen MR) is 195 cm³/mol. The van der Waals surface area contributed by atoms with E-state index in [0.717, 1.165) is 53.7 Å². The molecule has 5 aromatic rings. The number of benzene rings is 2. The third-order valence-corrected chi connectivity index (χ3v) is 8.29. The van der Waals surface area contributed by atoms with E-state index in [2.05, 4.69) is 46.4 Å². The zero-order valence-corrected chi connectivity index (χ0v) is 31.5. The molecule has 1 fully saturated rings. The fraction of sp³-hybridized carbons (Fsp3) is 0.312. The summed E-state index contributed by atoms with van der Waals surface area (Å²) in [5, 5.41) is 6.06. The first-order valence-electron chi connectivity index (χ1n) is 15.1. The molecule has 0 aliphatic carbocycles. The summed E-state index contributed by atoms with van der Waals surface area (Å²) >= 11 is 12.7. The van der Waals surface area contributed by atoms with Crippen molar-refractivity contribution in [2.75, 3.05) is 35.0 Å². The lowest BCUT2D eigenvalue weighted by Crippen LogP contribution is -2.19. The quantitative estimate of drug-likeness (QED) is 0.151. The van der Waals surface area contributed by atoms with Crippen LogP contribution in [-0.4, -0.2) is 79.4 Å². The number of fused-ring (bicyclic) bond motifs is 2. The minimum atomic E-state index is -3.72. The number of ether oxygens (including phenoxy) is 5. The summed E-state index contributed by atoms with van der Waals surface area (Å²) in [7, 11) is 11.1. The van der Waals surface area contributed by atoms with Crippen LogP contribution in [0.15, 0.2) is 47.8 Å². The van der Waals surface area contributed by atoms with Crippen LogP contribution in [0.5, 0.6) is 23.0 Å². The highest BCUT2D eigenvalue weighted by molar-refractivity contribution is 8.31. The van der Waals surface area contributed by atoms with E-state index >= 15 is 0 Å². The van der Waals surface area contributed by atoms with Crippen molar-refractivity contribution in [2.45, 2.75) is 32.0 Å². The van der Waals surface area contributed by atoms with Gasteiger partial charge in [0.05, 0.1) is 67.9 Å². The summed E-state index contributed by atoms with van der Waals surface area (Å²) in [6.07, 6.45) is 10.1. The molecule has 2 aliphatic heterocycles. The molecule has 1 atom stereocenters. The van der Waals surface area contributed by atoms with E-state index in [1.807, 2.05) is 22.9 Å². The van der Waals surface area contributed by atoms with Gasteiger partial charge < -0.3 is 23.7 Å². The first-order valence-corrected chi connectivity index (χ1v) is 19.0. The van der Waals surface area contributed by atoms with Crippen LogP contribution in [0.4, 0.5) is 0 Å². The van der Waals surface area contributed by atoms with Crippen LogP contribution in [0.3, 0.4) is 0 Å². The third-order valence-electron chi connectivity index (χ3n) is 7.54. The highest BCUT2D eigenvalue weighted by Gasteiger charge is 2.23. The van der Waals surface area contributed by atoms with Crippen molar-refractivity contribution in [3.05, 3.63) is 64.2 Å². The molecule has 0 amide bonds. The van der Waals surface area contributed by atoms with Gasteiger partial charge >= 0.3 is 8.26 Å². The van der Waals surface area contributed by atoms with Crippen molar-refractivity contribution >= 4 is 70.1 Å². The molecule has 0 bridgehead atoms.